The maximum absolute atomic E-state index is 12.2. The number of ether oxygens (including phenoxy) is 4. The molecule has 260 valence electrons. The first-order valence-electron chi connectivity index (χ1n) is 14.8. The molecular weight excluding hydrogens is 697 g/mol. The van der Waals surface area contributed by atoms with E-state index >= 15 is 0 Å². The largest absolute Gasteiger partial charge is 0.469 e. The van der Waals surface area contributed by atoms with Crippen LogP contribution in [0.4, 0.5) is 0 Å². The van der Waals surface area contributed by atoms with Gasteiger partial charge in [0.2, 0.25) is 11.1 Å². The van der Waals surface area contributed by atoms with Gasteiger partial charge in [-0.3, -0.25) is 29.1 Å². The molecular formula is C35H36Cl3N3O8. The van der Waals surface area contributed by atoms with Crippen molar-refractivity contribution in [2.45, 2.75) is 32.6 Å². The first-order chi connectivity index (χ1) is 23.4. The van der Waals surface area contributed by atoms with Crippen molar-refractivity contribution in [2.24, 2.45) is 0 Å². The molecule has 0 saturated heterocycles. The third-order valence-electron chi connectivity index (χ3n) is 6.07. The van der Waals surface area contributed by atoms with Gasteiger partial charge in [-0.2, -0.15) is 0 Å². The summed E-state index contributed by atoms with van der Waals surface area (Å²) in [5, 5.41) is 0.642. The van der Waals surface area contributed by atoms with Crippen LogP contribution in [0.15, 0.2) is 85.2 Å². The highest BCUT2D eigenvalue weighted by Crippen LogP contribution is 2.27. The zero-order valence-corrected chi connectivity index (χ0v) is 29.6. The Kier molecular flexibility index (Phi) is 18.2. The van der Waals surface area contributed by atoms with E-state index in [1.807, 2.05) is 6.92 Å². The molecule has 4 aromatic rings. The Hall–Kier alpha value is -4.71. The summed E-state index contributed by atoms with van der Waals surface area (Å²) in [6, 6.07) is 20.8. The van der Waals surface area contributed by atoms with E-state index in [1.54, 1.807) is 85.2 Å². The molecule has 0 aliphatic heterocycles. The van der Waals surface area contributed by atoms with Crippen LogP contribution in [0.3, 0.4) is 0 Å². The number of halogens is 3. The molecule has 49 heavy (non-hydrogen) atoms. The van der Waals surface area contributed by atoms with E-state index in [9.17, 15) is 19.2 Å². The van der Waals surface area contributed by atoms with Crippen molar-refractivity contribution in [3.05, 3.63) is 107 Å². The molecule has 11 nitrogen and oxygen atoms in total. The van der Waals surface area contributed by atoms with Crippen molar-refractivity contribution in [2.75, 3.05) is 27.8 Å². The van der Waals surface area contributed by atoms with Gasteiger partial charge in [-0.15, -0.1) is 0 Å². The van der Waals surface area contributed by atoms with Crippen LogP contribution in [-0.2, 0) is 41.5 Å². The molecule has 14 heteroatoms. The summed E-state index contributed by atoms with van der Waals surface area (Å²) in [5.74, 6) is 1.21. The molecule has 2 aromatic carbocycles. The molecule has 4 rings (SSSR count). The normalized spacial score (nSPS) is 9.86. The zero-order valence-electron chi connectivity index (χ0n) is 27.4. The summed E-state index contributed by atoms with van der Waals surface area (Å²) < 4.78 is 20.3. The van der Waals surface area contributed by atoms with Gasteiger partial charge in [-0.05, 0) is 78.7 Å². The number of benzene rings is 2. The van der Waals surface area contributed by atoms with Crippen LogP contribution in [0.25, 0.3) is 0 Å². The summed E-state index contributed by atoms with van der Waals surface area (Å²) in [4.78, 5) is 54.1. The predicted molar refractivity (Wildman–Crippen MR) is 186 cm³/mol. The Morgan fingerprint density at radius 1 is 0.714 bits per heavy atom. The number of hydrogen-bond donors (Lipinski definition) is 0. The summed E-state index contributed by atoms with van der Waals surface area (Å²) >= 11 is 17.2. The first kappa shape index (κ1) is 40.5. The second-order valence-corrected chi connectivity index (χ2v) is 11.2. The van der Waals surface area contributed by atoms with E-state index in [0.717, 1.165) is 6.42 Å². The standard InChI is InChI=1S/C17H17ClN2O4.C13H9Cl2NO2.C5H10O2/c1-20(11-17(22)23-2)16(21)10-14-15(7-4-8-19-14)24-13-6-3-5-12(18)9-13;14-9-3-1-4-10(7-9)18-12-5-2-6-16-11(12)8-13(15)17;1-3-4-5(6)7-2/h3-9H,10-11H2,1-2H3;1-7H,8H2;3-4H2,1-2H3. The van der Waals surface area contributed by atoms with Crippen LogP contribution >= 0.6 is 34.8 Å². The fraction of sp³-hybridized carbons (Fsp3) is 0.257. The number of hydrogen-bond acceptors (Lipinski definition) is 10. The summed E-state index contributed by atoms with van der Waals surface area (Å²) in [6.45, 7) is 1.82. The lowest BCUT2D eigenvalue weighted by atomic mass is 10.2. The van der Waals surface area contributed by atoms with E-state index in [4.69, 9.17) is 44.3 Å². The Morgan fingerprint density at radius 3 is 1.61 bits per heavy atom. The summed E-state index contributed by atoms with van der Waals surface area (Å²) in [7, 11) is 4.20. The minimum atomic E-state index is -0.484. The van der Waals surface area contributed by atoms with Crippen LogP contribution in [0, 0.1) is 0 Å². The van der Waals surface area contributed by atoms with Crippen LogP contribution in [0.5, 0.6) is 23.0 Å². The average molecular weight is 733 g/mol. The number of likely N-dealkylation sites (N-methyl/N-ethyl adjacent to an activating group) is 1. The molecule has 0 radical (unpaired) electrons. The van der Waals surface area contributed by atoms with Gasteiger partial charge in [0.15, 0.2) is 0 Å². The van der Waals surface area contributed by atoms with Crippen LogP contribution in [0.2, 0.25) is 10.0 Å². The number of methoxy groups -OCH3 is 2. The van der Waals surface area contributed by atoms with Gasteiger partial charge in [-0.25, -0.2) is 0 Å². The minimum absolute atomic E-state index is 0.00420. The monoisotopic (exact) mass is 731 g/mol. The van der Waals surface area contributed by atoms with Crippen molar-refractivity contribution in [3.63, 3.8) is 0 Å². The third-order valence-corrected chi connectivity index (χ3v) is 6.68. The van der Waals surface area contributed by atoms with E-state index in [-0.39, 0.29) is 31.3 Å². The van der Waals surface area contributed by atoms with E-state index in [1.165, 1.54) is 26.2 Å². The fourth-order valence-corrected chi connectivity index (χ4v) is 4.16. The van der Waals surface area contributed by atoms with Gasteiger partial charge in [-0.1, -0.05) is 42.3 Å². The molecule has 0 N–H and O–H groups in total. The molecule has 0 atom stereocenters. The molecule has 0 aliphatic carbocycles. The van der Waals surface area contributed by atoms with Gasteiger partial charge < -0.3 is 23.8 Å². The highest BCUT2D eigenvalue weighted by molar-refractivity contribution is 6.63. The molecule has 0 spiro atoms. The van der Waals surface area contributed by atoms with E-state index < -0.39 is 11.2 Å². The molecule has 0 fully saturated rings. The van der Waals surface area contributed by atoms with Gasteiger partial charge in [0.25, 0.3) is 0 Å². The number of aromatic nitrogens is 2. The second-order valence-electron chi connectivity index (χ2n) is 9.88. The Labute approximate surface area is 300 Å². The lowest BCUT2D eigenvalue weighted by Crippen LogP contribution is -2.33. The van der Waals surface area contributed by atoms with Crippen LogP contribution in [0.1, 0.15) is 31.2 Å². The lowest BCUT2D eigenvalue weighted by Gasteiger charge is -2.16. The molecule has 2 aromatic heterocycles. The van der Waals surface area contributed by atoms with Crippen molar-refractivity contribution >= 4 is 57.9 Å². The quantitative estimate of drug-likeness (QED) is 0.107. The zero-order chi connectivity index (χ0) is 36.2. The summed E-state index contributed by atoms with van der Waals surface area (Å²) in [6.07, 6.45) is 4.60. The van der Waals surface area contributed by atoms with Gasteiger partial charge in [0.05, 0.1) is 38.4 Å². The fourth-order valence-electron chi connectivity index (χ4n) is 3.68. The van der Waals surface area contributed by atoms with Gasteiger partial charge in [0.1, 0.15) is 29.5 Å². The molecule has 2 heterocycles. The average Bonchev–Trinajstić information content (AvgIpc) is 3.07. The predicted octanol–water partition coefficient (Wildman–Crippen LogP) is 7.50. The van der Waals surface area contributed by atoms with Crippen LogP contribution in [-0.4, -0.2) is 65.8 Å². The van der Waals surface area contributed by atoms with Gasteiger partial charge in [0, 0.05) is 35.9 Å². The smallest absolute Gasteiger partial charge is 0.325 e. The Bertz CT molecular complexity index is 1690. The number of pyridine rings is 2. The highest BCUT2D eigenvalue weighted by Gasteiger charge is 2.17. The van der Waals surface area contributed by atoms with Crippen molar-refractivity contribution in [1.82, 2.24) is 14.9 Å². The van der Waals surface area contributed by atoms with Gasteiger partial charge >= 0.3 is 11.9 Å². The van der Waals surface area contributed by atoms with Crippen LogP contribution < -0.4 is 9.47 Å². The third kappa shape index (κ3) is 15.8. The molecule has 0 aliphatic rings. The molecule has 0 unspecified atom stereocenters. The Balaban J connectivity index is 0.000000293. The first-order valence-corrected chi connectivity index (χ1v) is 15.9. The number of rotatable bonds is 12. The molecule has 0 saturated carbocycles. The Morgan fingerprint density at radius 2 is 1.20 bits per heavy atom. The number of amides is 1. The number of nitrogens with zero attached hydrogens (tertiary/aromatic N) is 3. The van der Waals surface area contributed by atoms with Crippen molar-refractivity contribution < 1.29 is 38.1 Å². The second kappa shape index (κ2) is 22.0. The maximum atomic E-state index is 12.2. The number of carbonyl (C=O) groups is 4. The van der Waals surface area contributed by atoms with Crippen molar-refractivity contribution in [1.29, 1.82) is 0 Å². The summed E-state index contributed by atoms with van der Waals surface area (Å²) in [5.41, 5.74) is 0.969. The maximum Gasteiger partial charge on any atom is 0.325 e. The minimum Gasteiger partial charge on any atom is -0.469 e. The lowest BCUT2D eigenvalue weighted by molar-refractivity contribution is -0.145. The molecule has 0 bridgehead atoms. The topological polar surface area (TPSA) is 134 Å². The van der Waals surface area contributed by atoms with Crippen molar-refractivity contribution in [3.8, 4) is 23.0 Å². The number of esters is 2. The van der Waals surface area contributed by atoms with E-state index in [0.29, 0.717) is 50.9 Å². The highest BCUT2D eigenvalue weighted by atomic mass is 35.5. The number of carbonyl (C=O) groups excluding carboxylic acids is 4. The van der Waals surface area contributed by atoms with E-state index in [2.05, 4.69) is 19.4 Å². The SMILES string of the molecule is CCCC(=O)OC.COC(=O)CN(C)C(=O)Cc1ncccc1Oc1cccc(Cl)c1.O=C(Cl)Cc1ncccc1Oc1cccc(Cl)c1. The molecule has 1 amide bonds.